The molecule has 2 heterocycles. The van der Waals surface area contributed by atoms with Crippen molar-refractivity contribution < 1.29 is 14.3 Å². The zero-order valence-corrected chi connectivity index (χ0v) is 14.8. The van der Waals surface area contributed by atoms with E-state index in [0.717, 1.165) is 5.69 Å². The van der Waals surface area contributed by atoms with Gasteiger partial charge >= 0.3 is 0 Å². The molecule has 0 radical (unpaired) electrons. The zero-order valence-electron chi connectivity index (χ0n) is 14.8. The molecule has 0 unspecified atom stereocenters. The first-order chi connectivity index (χ1) is 13.7. The number of carbonyl (C=O) groups is 1. The highest BCUT2D eigenvalue weighted by Crippen LogP contribution is 2.33. The molecule has 3 aromatic rings. The average molecular weight is 372 g/mol. The molecular weight excluding hydrogens is 356 g/mol. The van der Waals surface area contributed by atoms with Crippen LogP contribution in [0.3, 0.4) is 0 Å². The lowest BCUT2D eigenvalue weighted by atomic mass is 10.2. The zero-order chi connectivity index (χ0) is 19.3. The molecule has 1 aliphatic heterocycles. The van der Waals surface area contributed by atoms with E-state index in [-0.39, 0.29) is 5.91 Å². The number of carbonyl (C=O) groups excluding carboxylic acids is 1. The van der Waals surface area contributed by atoms with Gasteiger partial charge in [0.1, 0.15) is 13.2 Å². The second kappa shape index (κ2) is 7.68. The number of fused-ring (bicyclic) bond motifs is 1. The number of aromatic nitrogens is 1. The number of hydrogen-bond donors (Lipinski definition) is 2. The summed E-state index contributed by atoms with van der Waals surface area (Å²) < 4.78 is 11.1. The summed E-state index contributed by atoms with van der Waals surface area (Å²) in [6, 6.07) is 16.0. The van der Waals surface area contributed by atoms with Crippen molar-refractivity contribution in [1.29, 1.82) is 5.26 Å². The van der Waals surface area contributed by atoms with E-state index in [1.807, 2.05) is 24.3 Å². The topological polar surface area (TPSA) is 96.3 Å². The molecular formula is C21H16N4O3. The molecule has 0 saturated carbocycles. The van der Waals surface area contributed by atoms with Gasteiger partial charge in [-0.15, -0.1) is 0 Å². The number of rotatable bonds is 4. The number of anilines is 3. The van der Waals surface area contributed by atoms with Crippen molar-refractivity contribution in [2.75, 3.05) is 23.8 Å². The summed E-state index contributed by atoms with van der Waals surface area (Å²) >= 11 is 0. The number of nitrogens with zero attached hydrogens (tertiary/aromatic N) is 2. The van der Waals surface area contributed by atoms with E-state index >= 15 is 0 Å². The summed E-state index contributed by atoms with van der Waals surface area (Å²) in [7, 11) is 0. The Morgan fingerprint density at radius 2 is 1.82 bits per heavy atom. The number of benzene rings is 2. The summed E-state index contributed by atoms with van der Waals surface area (Å²) in [6.07, 6.45) is 3.11. The van der Waals surface area contributed by atoms with Gasteiger partial charge in [-0.25, -0.2) is 0 Å². The largest absolute Gasteiger partial charge is 0.486 e. The summed E-state index contributed by atoms with van der Waals surface area (Å²) in [5, 5.41) is 14.9. The number of pyridine rings is 1. The van der Waals surface area contributed by atoms with E-state index in [4.69, 9.17) is 14.7 Å². The van der Waals surface area contributed by atoms with Crippen LogP contribution in [0.1, 0.15) is 15.9 Å². The van der Waals surface area contributed by atoms with Gasteiger partial charge in [0.15, 0.2) is 11.5 Å². The van der Waals surface area contributed by atoms with Crippen LogP contribution in [-0.4, -0.2) is 24.1 Å². The molecule has 138 valence electrons. The van der Waals surface area contributed by atoms with E-state index in [2.05, 4.69) is 15.6 Å². The van der Waals surface area contributed by atoms with E-state index in [9.17, 15) is 4.79 Å². The molecule has 4 rings (SSSR count). The predicted octanol–water partition coefficient (Wildman–Crippen LogP) is 3.72. The van der Waals surface area contributed by atoms with E-state index < -0.39 is 0 Å². The highest BCUT2D eigenvalue weighted by atomic mass is 16.6. The van der Waals surface area contributed by atoms with Crippen molar-refractivity contribution in [2.24, 2.45) is 0 Å². The van der Waals surface area contributed by atoms with Gasteiger partial charge in [0.25, 0.3) is 5.91 Å². The molecule has 28 heavy (non-hydrogen) atoms. The molecule has 1 aliphatic rings. The molecule has 0 fully saturated rings. The Morgan fingerprint density at radius 1 is 0.964 bits per heavy atom. The number of nitrogens with one attached hydrogen (secondary N) is 2. The number of hydrogen-bond acceptors (Lipinski definition) is 6. The number of amides is 1. The maximum absolute atomic E-state index is 12.5. The molecule has 0 bridgehead atoms. The van der Waals surface area contributed by atoms with Gasteiger partial charge in [0.2, 0.25) is 0 Å². The standard InChI is InChI=1S/C21H16N4O3/c22-11-14-2-1-3-16(8-14)25-21(26)15-9-18(13-23-12-15)24-17-4-5-19-20(10-17)28-7-6-27-19/h1-5,8-10,12-13,24H,6-7H2,(H,25,26). The highest BCUT2D eigenvalue weighted by molar-refractivity contribution is 6.04. The van der Waals surface area contributed by atoms with E-state index in [1.54, 1.807) is 36.5 Å². The number of nitriles is 1. The molecule has 1 amide bonds. The summed E-state index contributed by atoms with van der Waals surface area (Å²) in [5.41, 5.74) is 2.88. The van der Waals surface area contributed by atoms with Gasteiger partial charge in [0, 0.05) is 23.6 Å². The van der Waals surface area contributed by atoms with Crippen LogP contribution in [0.5, 0.6) is 11.5 Å². The third-order valence-corrected chi connectivity index (χ3v) is 4.08. The Kier molecular flexibility index (Phi) is 4.76. The average Bonchev–Trinajstić information content (AvgIpc) is 2.74. The summed E-state index contributed by atoms with van der Waals surface area (Å²) in [6.45, 7) is 1.05. The number of ether oxygens (including phenoxy) is 2. The van der Waals surface area contributed by atoms with Crippen LogP contribution >= 0.6 is 0 Å². The SMILES string of the molecule is N#Cc1cccc(NC(=O)c2cncc(Nc3ccc4c(c3)OCCO4)c2)c1. The van der Waals surface area contributed by atoms with Crippen LogP contribution in [0.4, 0.5) is 17.1 Å². The van der Waals surface area contributed by atoms with Crippen LogP contribution < -0.4 is 20.1 Å². The lowest BCUT2D eigenvalue weighted by Gasteiger charge is -2.19. The molecule has 0 atom stereocenters. The minimum absolute atomic E-state index is 0.312. The van der Waals surface area contributed by atoms with E-state index in [0.29, 0.717) is 47.2 Å². The summed E-state index contributed by atoms with van der Waals surface area (Å²) in [4.78, 5) is 16.6. The van der Waals surface area contributed by atoms with Gasteiger partial charge in [-0.2, -0.15) is 5.26 Å². The fraction of sp³-hybridized carbons (Fsp3) is 0.0952. The van der Waals surface area contributed by atoms with Gasteiger partial charge in [-0.1, -0.05) is 6.07 Å². The first-order valence-electron chi connectivity index (χ1n) is 8.64. The Bertz CT molecular complexity index is 1080. The summed E-state index contributed by atoms with van der Waals surface area (Å²) in [5.74, 6) is 1.08. The van der Waals surface area contributed by atoms with Crippen LogP contribution in [0.25, 0.3) is 0 Å². The van der Waals surface area contributed by atoms with Crippen molar-refractivity contribution in [3.05, 3.63) is 72.1 Å². The monoisotopic (exact) mass is 372 g/mol. The van der Waals surface area contributed by atoms with Crippen LogP contribution in [-0.2, 0) is 0 Å². The molecule has 7 heteroatoms. The minimum Gasteiger partial charge on any atom is -0.486 e. The minimum atomic E-state index is -0.312. The van der Waals surface area contributed by atoms with Crippen molar-refractivity contribution in [2.45, 2.75) is 0 Å². The van der Waals surface area contributed by atoms with Crippen molar-refractivity contribution in [1.82, 2.24) is 4.98 Å². The molecule has 2 aromatic carbocycles. The van der Waals surface area contributed by atoms with Crippen molar-refractivity contribution in [3.8, 4) is 17.6 Å². The van der Waals surface area contributed by atoms with Crippen LogP contribution in [0, 0.1) is 11.3 Å². The Balaban J connectivity index is 1.49. The van der Waals surface area contributed by atoms with Gasteiger partial charge < -0.3 is 20.1 Å². The highest BCUT2D eigenvalue weighted by Gasteiger charge is 2.12. The van der Waals surface area contributed by atoms with E-state index in [1.165, 1.54) is 6.20 Å². The smallest absolute Gasteiger partial charge is 0.257 e. The molecule has 0 aliphatic carbocycles. The maximum atomic E-state index is 12.5. The molecule has 7 nitrogen and oxygen atoms in total. The Hall–Kier alpha value is -4.05. The lowest BCUT2D eigenvalue weighted by Crippen LogP contribution is -2.15. The molecule has 0 spiro atoms. The van der Waals surface area contributed by atoms with Gasteiger partial charge in [-0.05, 0) is 36.4 Å². The fourth-order valence-electron chi connectivity index (χ4n) is 2.79. The molecule has 2 N–H and O–H groups in total. The fourth-order valence-corrected chi connectivity index (χ4v) is 2.79. The quantitative estimate of drug-likeness (QED) is 0.725. The second-order valence-electron chi connectivity index (χ2n) is 6.09. The Morgan fingerprint density at radius 3 is 2.68 bits per heavy atom. The van der Waals surface area contributed by atoms with Crippen LogP contribution in [0.2, 0.25) is 0 Å². The van der Waals surface area contributed by atoms with Gasteiger partial charge in [0.05, 0.1) is 29.1 Å². The van der Waals surface area contributed by atoms with Gasteiger partial charge in [-0.3, -0.25) is 9.78 Å². The third kappa shape index (κ3) is 3.86. The normalized spacial score (nSPS) is 12.0. The van der Waals surface area contributed by atoms with Crippen molar-refractivity contribution in [3.63, 3.8) is 0 Å². The first-order valence-corrected chi connectivity index (χ1v) is 8.64. The predicted molar refractivity (Wildman–Crippen MR) is 104 cm³/mol. The maximum Gasteiger partial charge on any atom is 0.257 e. The molecule has 1 aromatic heterocycles. The van der Waals surface area contributed by atoms with Crippen LogP contribution in [0.15, 0.2) is 60.9 Å². The Labute approximate surface area is 161 Å². The molecule has 0 saturated heterocycles. The second-order valence-corrected chi connectivity index (χ2v) is 6.09. The first kappa shape index (κ1) is 17.4. The lowest BCUT2D eigenvalue weighted by molar-refractivity contribution is 0.102. The third-order valence-electron chi connectivity index (χ3n) is 4.08. The van der Waals surface area contributed by atoms with Crippen molar-refractivity contribution >= 4 is 23.0 Å².